The van der Waals surface area contributed by atoms with Crippen molar-refractivity contribution in [2.45, 2.75) is 26.4 Å². The molecule has 2 N–H and O–H groups in total. The van der Waals surface area contributed by atoms with Crippen molar-refractivity contribution in [1.82, 2.24) is 14.8 Å². The third-order valence-corrected chi connectivity index (χ3v) is 5.02. The summed E-state index contributed by atoms with van der Waals surface area (Å²) in [7, 11) is 0. The number of aromatic nitrogens is 1. The minimum Gasteiger partial charge on any atom is -0.394 e. The van der Waals surface area contributed by atoms with Gasteiger partial charge in [0, 0.05) is 31.9 Å². The molecule has 0 aliphatic carbocycles. The smallest absolute Gasteiger partial charge is 0.261 e. The Morgan fingerprint density at radius 1 is 1.23 bits per heavy atom. The van der Waals surface area contributed by atoms with Crippen LogP contribution in [0.5, 0.6) is 0 Å². The van der Waals surface area contributed by atoms with Crippen LogP contribution in [0.1, 0.15) is 27.2 Å². The fraction of sp³-hybridized carbons (Fsp3) is 0.400. The predicted octanol–water partition coefficient (Wildman–Crippen LogP) is 1.31. The quantitative estimate of drug-likeness (QED) is 0.867. The highest BCUT2D eigenvalue weighted by atomic mass is 16.3. The molecule has 1 amide bonds. The average Bonchev–Trinajstić information content (AvgIpc) is 2.65. The van der Waals surface area contributed by atoms with Gasteiger partial charge in [0.15, 0.2) is 0 Å². The van der Waals surface area contributed by atoms with Gasteiger partial charge in [-0.05, 0) is 31.0 Å². The Morgan fingerprint density at radius 2 is 1.96 bits per heavy atom. The van der Waals surface area contributed by atoms with Crippen molar-refractivity contribution in [1.29, 1.82) is 0 Å². The summed E-state index contributed by atoms with van der Waals surface area (Å²) >= 11 is 0. The van der Waals surface area contributed by atoms with E-state index in [1.165, 1.54) is 5.56 Å². The number of amides is 1. The maximum atomic E-state index is 12.9. The first-order valence-corrected chi connectivity index (χ1v) is 8.88. The lowest BCUT2D eigenvalue weighted by Gasteiger charge is -2.40. The number of benzene rings is 1. The molecule has 1 aromatic heterocycles. The molecule has 2 heterocycles. The van der Waals surface area contributed by atoms with Crippen molar-refractivity contribution in [3.63, 3.8) is 0 Å². The van der Waals surface area contributed by atoms with E-state index in [1.807, 2.05) is 32.0 Å². The number of nitrogens with zero attached hydrogens (tertiary/aromatic N) is 2. The van der Waals surface area contributed by atoms with E-state index in [2.05, 4.69) is 22.0 Å². The Hall–Kier alpha value is -2.44. The predicted molar refractivity (Wildman–Crippen MR) is 100 cm³/mol. The Kier molecular flexibility index (Phi) is 5.54. The van der Waals surface area contributed by atoms with Gasteiger partial charge < -0.3 is 15.0 Å². The van der Waals surface area contributed by atoms with Crippen LogP contribution in [0.15, 0.2) is 41.2 Å². The van der Waals surface area contributed by atoms with E-state index < -0.39 is 0 Å². The van der Waals surface area contributed by atoms with Crippen molar-refractivity contribution in [2.24, 2.45) is 0 Å². The normalized spacial score (nSPS) is 18.1. The third-order valence-electron chi connectivity index (χ3n) is 5.02. The van der Waals surface area contributed by atoms with Crippen LogP contribution in [0.2, 0.25) is 0 Å². The van der Waals surface area contributed by atoms with E-state index in [0.717, 1.165) is 17.8 Å². The summed E-state index contributed by atoms with van der Waals surface area (Å²) in [5.74, 6) is -0.312. The summed E-state index contributed by atoms with van der Waals surface area (Å²) in [6.45, 7) is 6.11. The van der Waals surface area contributed by atoms with Gasteiger partial charge in [-0.3, -0.25) is 14.5 Å². The molecule has 1 fully saturated rings. The zero-order chi connectivity index (χ0) is 18.7. The van der Waals surface area contributed by atoms with Crippen LogP contribution in [0, 0.1) is 13.8 Å². The molecular formula is C20H25N3O3. The SMILES string of the molecule is Cc1cc(C(=O)N2CCN(Cc3ccccc3)CC2CO)c(=O)[nH]c1C. The van der Waals surface area contributed by atoms with E-state index in [1.54, 1.807) is 11.0 Å². The van der Waals surface area contributed by atoms with Gasteiger partial charge in [0.1, 0.15) is 5.56 Å². The van der Waals surface area contributed by atoms with Gasteiger partial charge in [0.25, 0.3) is 11.5 Å². The van der Waals surface area contributed by atoms with E-state index in [9.17, 15) is 14.7 Å². The van der Waals surface area contributed by atoms with E-state index in [0.29, 0.717) is 19.6 Å². The monoisotopic (exact) mass is 355 g/mol. The topological polar surface area (TPSA) is 76.6 Å². The molecule has 6 nitrogen and oxygen atoms in total. The highest BCUT2D eigenvalue weighted by molar-refractivity contribution is 5.94. The van der Waals surface area contributed by atoms with E-state index in [-0.39, 0.29) is 29.7 Å². The number of carbonyl (C=O) groups excluding carboxylic acids is 1. The maximum Gasteiger partial charge on any atom is 0.261 e. The molecule has 1 saturated heterocycles. The highest BCUT2D eigenvalue weighted by Crippen LogP contribution is 2.16. The van der Waals surface area contributed by atoms with Crippen LogP contribution in [-0.4, -0.2) is 58.1 Å². The summed E-state index contributed by atoms with van der Waals surface area (Å²) < 4.78 is 0. The molecule has 6 heteroatoms. The Labute approximate surface area is 153 Å². The summed E-state index contributed by atoms with van der Waals surface area (Å²) in [6.07, 6.45) is 0. The number of H-pyrrole nitrogens is 1. The van der Waals surface area contributed by atoms with Gasteiger partial charge in [-0.1, -0.05) is 30.3 Å². The number of aliphatic hydroxyl groups excluding tert-OH is 1. The third kappa shape index (κ3) is 3.86. The number of aliphatic hydroxyl groups is 1. The van der Waals surface area contributed by atoms with Crippen molar-refractivity contribution in [2.75, 3.05) is 26.2 Å². The second kappa shape index (κ2) is 7.85. The molecule has 26 heavy (non-hydrogen) atoms. The maximum absolute atomic E-state index is 12.9. The number of piperazine rings is 1. The molecule has 0 radical (unpaired) electrons. The molecule has 1 aromatic carbocycles. The summed E-state index contributed by atoms with van der Waals surface area (Å²) in [5, 5.41) is 9.80. The summed E-state index contributed by atoms with van der Waals surface area (Å²) in [5.41, 5.74) is 2.60. The van der Waals surface area contributed by atoms with Gasteiger partial charge >= 0.3 is 0 Å². The Morgan fingerprint density at radius 3 is 2.65 bits per heavy atom. The number of nitrogens with one attached hydrogen (secondary N) is 1. The van der Waals surface area contributed by atoms with Crippen molar-refractivity contribution in [3.05, 3.63) is 69.1 Å². The van der Waals surface area contributed by atoms with Gasteiger partial charge in [0.05, 0.1) is 12.6 Å². The number of hydrogen-bond acceptors (Lipinski definition) is 4. The summed E-state index contributed by atoms with van der Waals surface area (Å²) in [4.78, 5) is 31.7. The first-order valence-electron chi connectivity index (χ1n) is 8.88. The minimum atomic E-state index is -0.374. The molecule has 3 rings (SSSR count). The van der Waals surface area contributed by atoms with Crippen LogP contribution >= 0.6 is 0 Å². The fourth-order valence-electron chi connectivity index (χ4n) is 3.37. The lowest BCUT2D eigenvalue weighted by molar-refractivity contribution is 0.0280. The van der Waals surface area contributed by atoms with Crippen molar-refractivity contribution in [3.8, 4) is 0 Å². The van der Waals surface area contributed by atoms with Crippen LogP contribution in [-0.2, 0) is 6.54 Å². The lowest BCUT2D eigenvalue weighted by atomic mass is 10.1. The first kappa shape index (κ1) is 18.4. The largest absolute Gasteiger partial charge is 0.394 e. The van der Waals surface area contributed by atoms with Crippen LogP contribution in [0.4, 0.5) is 0 Å². The lowest BCUT2D eigenvalue weighted by Crippen LogP contribution is -2.56. The standard InChI is InChI=1S/C20H25N3O3/c1-14-10-18(19(25)21-15(14)2)20(26)23-9-8-22(12-17(23)13-24)11-16-6-4-3-5-7-16/h3-7,10,17,24H,8-9,11-13H2,1-2H3,(H,21,25). The first-order chi connectivity index (χ1) is 12.5. The molecule has 138 valence electrons. The van der Waals surface area contributed by atoms with Gasteiger partial charge in [-0.2, -0.15) is 0 Å². The van der Waals surface area contributed by atoms with Gasteiger partial charge in [0.2, 0.25) is 0 Å². The molecular weight excluding hydrogens is 330 g/mol. The average molecular weight is 355 g/mol. The van der Waals surface area contributed by atoms with Crippen LogP contribution < -0.4 is 5.56 Å². The number of rotatable bonds is 4. The minimum absolute atomic E-state index is 0.125. The number of hydrogen-bond donors (Lipinski definition) is 2. The molecule has 0 bridgehead atoms. The summed E-state index contributed by atoms with van der Waals surface area (Å²) in [6, 6.07) is 11.5. The molecule has 1 aliphatic rings. The van der Waals surface area contributed by atoms with E-state index >= 15 is 0 Å². The zero-order valence-corrected chi connectivity index (χ0v) is 15.2. The number of aryl methyl sites for hydroxylation is 2. The second-order valence-electron chi connectivity index (χ2n) is 6.88. The van der Waals surface area contributed by atoms with Gasteiger partial charge in [-0.15, -0.1) is 0 Å². The van der Waals surface area contributed by atoms with Crippen LogP contribution in [0.3, 0.4) is 0 Å². The second-order valence-corrected chi connectivity index (χ2v) is 6.88. The van der Waals surface area contributed by atoms with Gasteiger partial charge in [-0.25, -0.2) is 0 Å². The Bertz CT molecular complexity index is 832. The van der Waals surface area contributed by atoms with Crippen molar-refractivity contribution < 1.29 is 9.90 Å². The molecule has 2 aromatic rings. The van der Waals surface area contributed by atoms with Crippen LogP contribution in [0.25, 0.3) is 0 Å². The van der Waals surface area contributed by atoms with Crippen molar-refractivity contribution >= 4 is 5.91 Å². The van der Waals surface area contributed by atoms with E-state index in [4.69, 9.17) is 0 Å². The molecule has 0 spiro atoms. The number of pyridine rings is 1. The Balaban J connectivity index is 1.74. The number of carbonyl (C=O) groups is 1. The molecule has 1 atom stereocenters. The highest BCUT2D eigenvalue weighted by Gasteiger charge is 2.31. The molecule has 0 saturated carbocycles. The fourth-order valence-corrected chi connectivity index (χ4v) is 3.37. The molecule has 1 unspecified atom stereocenters. The number of aromatic amines is 1. The molecule has 1 aliphatic heterocycles. The zero-order valence-electron chi connectivity index (χ0n) is 15.2.